The molecule has 0 spiro atoms. The van der Waals surface area contributed by atoms with Crippen molar-refractivity contribution in [2.75, 3.05) is 26.2 Å². The Morgan fingerprint density at radius 3 is 2.62 bits per heavy atom. The molecule has 2 amide bonds. The average Bonchev–Trinajstić information content (AvgIpc) is 3.06. The van der Waals surface area contributed by atoms with Crippen LogP contribution in [-0.4, -0.2) is 66.4 Å². The number of allylic oxidation sites excluding steroid dienone is 6. The molecule has 1 aliphatic heterocycles. The standard InChI is InChI=1S/C24H31F4N3O/c1-3-17-7-5-8-18(12-11-17)15-30-14-13-19(16-30)31(4-2)23(32)29-21-10-6-9-20(22(21)25)24(26,27)28/h5-12,17,19,21-22H,3-4,13-16H2,1-2H3,(H,29,32). The van der Waals surface area contributed by atoms with Crippen LogP contribution in [0.5, 0.6) is 0 Å². The number of carbonyl (C=O) groups is 1. The molecule has 3 aliphatic rings. The molecule has 0 radical (unpaired) electrons. The summed E-state index contributed by atoms with van der Waals surface area (Å²) < 4.78 is 53.4. The summed E-state index contributed by atoms with van der Waals surface area (Å²) in [6, 6.07) is -1.95. The van der Waals surface area contributed by atoms with Gasteiger partial charge in [0.25, 0.3) is 0 Å². The van der Waals surface area contributed by atoms with E-state index in [-0.39, 0.29) is 6.04 Å². The molecule has 32 heavy (non-hydrogen) atoms. The van der Waals surface area contributed by atoms with Crippen molar-refractivity contribution in [3.63, 3.8) is 0 Å². The molecule has 0 saturated carbocycles. The SMILES string of the molecule is CCC1C=CC=C(CN2CCC(N(CC)C(=O)NC3C=CC=C(C(F)(F)F)C3F)C2)C=C1. The van der Waals surface area contributed by atoms with Gasteiger partial charge in [0.2, 0.25) is 0 Å². The lowest BCUT2D eigenvalue weighted by Crippen LogP contribution is -2.52. The normalized spacial score (nSPS) is 28.3. The second kappa shape index (κ2) is 10.5. The van der Waals surface area contributed by atoms with Crippen LogP contribution in [0.3, 0.4) is 0 Å². The molecule has 1 saturated heterocycles. The third-order valence-electron chi connectivity index (χ3n) is 6.22. The van der Waals surface area contributed by atoms with E-state index in [0.717, 1.165) is 32.0 Å². The lowest BCUT2D eigenvalue weighted by Gasteiger charge is -2.32. The van der Waals surface area contributed by atoms with E-state index >= 15 is 0 Å². The first-order valence-electron chi connectivity index (χ1n) is 11.2. The fraction of sp³-hybridized carbons (Fsp3) is 0.542. The minimum atomic E-state index is -4.77. The zero-order valence-electron chi connectivity index (χ0n) is 18.5. The monoisotopic (exact) mass is 453 g/mol. The molecule has 1 fully saturated rings. The molecule has 0 bridgehead atoms. The van der Waals surface area contributed by atoms with Crippen molar-refractivity contribution >= 4 is 6.03 Å². The van der Waals surface area contributed by atoms with Gasteiger partial charge in [-0.15, -0.1) is 0 Å². The highest BCUT2D eigenvalue weighted by molar-refractivity contribution is 5.75. The first-order valence-corrected chi connectivity index (χ1v) is 11.2. The summed E-state index contributed by atoms with van der Waals surface area (Å²) in [6.45, 7) is 6.61. The van der Waals surface area contributed by atoms with E-state index in [1.54, 1.807) is 4.90 Å². The van der Waals surface area contributed by atoms with Crippen LogP contribution in [0.2, 0.25) is 0 Å². The van der Waals surface area contributed by atoms with E-state index in [1.165, 1.54) is 11.6 Å². The molecule has 4 atom stereocenters. The topological polar surface area (TPSA) is 35.6 Å². The Hall–Kier alpha value is -2.35. The Bertz CT molecular complexity index is 828. The van der Waals surface area contributed by atoms with Crippen molar-refractivity contribution in [1.82, 2.24) is 15.1 Å². The number of halogens is 4. The largest absolute Gasteiger partial charge is 0.415 e. The minimum absolute atomic E-state index is 0.0717. The van der Waals surface area contributed by atoms with E-state index in [9.17, 15) is 22.4 Å². The summed E-state index contributed by atoms with van der Waals surface area (Å²) in [5.74, 6) is 0.440. The highest BCUT2D eigenvalue weighted by atomic mass is 19.4. The smallest absolute Gasteiger partial charge is 0.328 e. The highest BCUT2D eigenvalue weighted by Crippen LogP contribution is 2.33. The lowest BCUT2D eigenvalue weighted by molar-refractivity contribution is -0.101. The summed E-state index contributed by atoms with van der Waals surface area (Å²) in [5, 5.41) is 2.45. The van der Waals surface area contributed by atoms with Gasteiger partial charge in [0.15, 0.2) is 6.17 Å². The molecule has 2 aliphatic carbocycles. The maximum atomic E-state index is 14.4. The number of rotatable bonds is 6. The fourth-order valence-corrected chi connectivity index (χ4v) is 4.36. The van der Waals surface area contributed by atoms with Crippen LogP contribution < -0.4 is 5.32 Å². The number of carbonyl (C=O) groups excluding carboxylic acids is 1. The van der Waals surface area contributed by atoms with Gasteiger partial charge in [-0.3, -0.25) is 4.90 Å². The average molecular weight is 454 g/mol. The maximum absolute atomic E-state index is 14.4. The molecule has 4 unspecified atom stereocenters. The number of urea groups is 1. The summed E-state index contributed by atoms with van der Waals surface area (Å²) in [6.07, 6.45) is 8.55. The first kappa shape index (κ1) is 24.3. The zero-order chi connectivity index (χ0) is 23.3. The van der Waals surface area contributed by atoms with Crippen molar-refractivity contribution < 1.29 is 22.4 Å². The number of hydrogen-bond acceptors (Lipinski definition) is 2. The molecule has 4 nitrogen and oxygen atoms in total. The van der Waals surface area contributed by atoms with E-state index in [2.05, 4.69) is 47.5 Å². The molecule has 8 heteroatoms. The first-order chi connectivity index (χ1) is 15.2. The second-order valence-electron chi connectivity index (χ2n) is 8.40. The van der Waals surface area contributed by atoms with Crippen LogP contribution in [-0.2, 0) is 0 Å². The summed E-state index contributed by atoms with van der Waals surface area (Å²) in [7, 11) is 0. The van der Waals surface area contributed by atoms with Gasteiger partial charge in [0.1, 0.15) is 0 Å². The van der Waals surface area contributed by atoms with Crippen molar-refractivity contribution in [2.24, 2.45) is 5.92 Å². The summed E-state index contributed by atoms with van der Waals surface area (Å²) >= 11 is 0. The predicted octanol–water partition coefficient (Wildman–Crippen LogP) is 4.94. The van der Waals surface area contributed by atoms with E-state index in [0.29, 0.717) is 25.1 Å². The Balaban J connectivity index is 1.56. The van der Waals surface area contributed by atoms with Crippen LogP contribution in [0.1, 0.15) is 26.7 Å². The number of alkyl halides is 4. The van der Waals surface area contributed by atoms with Gasteiger partial charge < -0.3 is 10.2 Å². The van der Waals surface area contributed by atoms with Gasteiger partial charge in [-0.25, -0.2) is 9.18 Å². The van der Waals surface area contributed by atoms with Gasteiger partial charge in [-0.2, -0.15) is 13.2 Å². The Labute approximate surface area is 187 Å². The molecule has 0 aromatic heterocycles. The fourth-order valence-electron chi connectivity index (χ4n) is 4.36. The Kier molecular flexibility index (Phi) is 7.98. The lowest BCUT2D eigenvalue weighted by atomic mass is 9.98. The van der Waals surface area contributed by atoms with Gasteiger partial charge in [0.05, 0.1) is 11.6 Å². The number of hydrogen-bond donors (Lipinski definition) is 1. The van der Waals surface area contributed by atoms with E-state index in [4.69, 9.17) is 0 Å². The van der Waals surface area contributed by atoms with Gasteiger partial charge >= 0.3 is 12.2 Å². The second-order valence-corrected chi connectivity index (χ2v) is 8.40. The zero-order valence-corrected chi connectivity index (χ0v) is 18.5. The van der Waals surface area contributed by atoms with Crippen LogP contribution >= 0.6 is 0 Å². The number of amides is 2. The number of nitrogens with zero attached hydrogens (tertiary/aromatic N) is 2. The molecule has 1 N–H and O–H groups in total. The number of likely N-dealkylation sites (tertiary alicyclic amines) is 1. The Morgan fingerprint density at radius 1 is 1.19 bits per heavy atom. The van der Waals surface area contributed by atoms with Crippen molar-refractivity contribution in [2.45, 2.75) is 51.1 Å². The molecule has 0 aromatic rings. The number of likely N-dealkylation sites (N-methyl/N-ethyl adjacent to an activating group) is 1. The quantitative estimate of drug-likeness (QED) is 0.579. The molecule has 3 rings (SSSR count). The minimum Gasteiger partial charge on any atom is -0.328 e. The third-order valence-corrected chi connectivity index (χ3v) is 6.22. The van der Waals surface area contributed by atoms with Crippen molar-refractivity contribution in [3.05, 3.63) is 59.8 Å². The van der Waals surface area contributed by atoms with Crippen LogP contribution in [0.4, 0.5) is 22.4 Å². The summed E-state index contributed by atoms with van der Waals surface area (Å²) in [5.41, 5.74) is -0.0751. The van der Waals surface area contributed by atoms with Crippen molar-refractivity contribution in [3.8, 4) is 0 Å². The molecule has 176 valence electrons. The highest BCUT2D eigenvalue weighted by Gasteiger charge is 2.43. The van der Waals surface area contributed by atoms with E-state index < -0.39 is 30.0 Å². The molecule has 0 aromatic carbocycles. The predicted molar refractivity (Wildman–Crippen MR) is 118 cm³/mol. The third kappa shape index (κ3) is 5.91. The molecular weight excluding hydrogens is 422 g/mol. The Morgan fingerprint density at radius 2 is 1.94 bits per heavy atom. The van der Waals surface area contributed by atoms with Crippen molar-refractivity contribution in [1.29, 1.82) is 0 Å². The van der Waals surface area contributed by atoms with Gasteiger partial charge in [-0.05, 0) is 31.3 Å². The maximum Gasteiger partial charge on any atom is 0.415 e. The van der Waals surface area contributed by atoms with Gasteiger partial charge in [0, 0.05) is 32.2 Å². The molecular formula is C24H31F4N3O. The van der Waals surface area contributed by atoms with E-state index in [1.807, 2.05) is 6.92 Å². The van der Waals surface area contributed by atoms with Crippen LogP contribution in [0.15, 0.2) is 59.8 Å². The number of nitrogens with one attached hydrogen (secondary N) is 1. The summed E-state index contributed by atoms with van der Waals surface area (Å²) in [4.78, 5) is 16.7. The van der Waals surface area contributed by atoms with Crippen LogP contribution in [0.25, 0.3) is 0 Å². The molecule has 1 heterocycles. The van der Waals surface area contributed by atoms with Crippen LogP contribution in [0, 0.1) is 5.92 Å². The van der Waals surface area contributed by atoms with Gasteiger partial charge in [-0.1, -0.05) is 55.5 Å².